The normalized spacial score (nSPS) is 13.8. The van der Waals surface area contributed by atoms with Gasteiger partial charge in [0.1, 0.15) is 18.1 Å². The lowest BCUT2D eigenvalue weighted by atomic mass is 10.0. The van der Waals surface area contributed by atoms with Crippen molar-refractivity contribution < 1.29 is 9.15 Å². The van der Waals surface area contributed by atoms with E-state index in [1.54, 1.807) is 18.3 Å². The van der Waals surface area contributed by atoms with Crippen molar-refractivity contribution in [3.05, 3.63) is 93.6 Å². The van der Waals surface area contributed by atoms with Gasteiger partial charge in [0.05, 0.1) is 11.1 Å². The molecule has 5 rings (SSSR count). The summed E-state index contributed by atoms with van der Waals surface area (Å²) in [5, 5.41) is 1.49. The molecule has 0 aliphatic carbocycles. The molecular weight excluding hydrogens is 388 g/mol. The number of ether oxygens (including phenoxy) is 1. The van der Waals surface area contributed by atoms with Crippen LogP contribution in [0.15, 0.2) is 76.2 Å². The van der Waals surface area contributed by atoms with Crippen LogP contribution in [0.25, 0.3) is 22.1 Å². The van der Waals surface area contributed by atoms with Crippen LogP contribution in [0.4, 0.5) is 0 Å². The number of aromatic nitrogens is 1. The van der Waals surface area contributed by atoms with Gasteiger partial charge in [-0.3, -0.25) is 9.88 Å². The van der Waals surface area contributed by atoms with Gasteiger partial charge in [-0.05, 0) is 47.5 Å². The van der Waals surface area contributed by atoms with Gasteiger partial charge >= 0.3 is 5.63 Å². The van der Waals surface area contributed by atoms with E-state index in [1.165, 1.54) is 0 Å². The Balaban J connectivity index is 1.53. The predicted octanol–water partition coefficient (Wildman–Crippen LogP) is 4.86. The summed E-state index contributed by atoms with van der Waals surface area (Å²) in [6, 6.07) is 16.8. The Bertz CT molecular complexity index is 1240. The molecule has 0 saturated heterocycles. The smallest absolute Gasteiger partial charge is 0.344 e. The van der Waals surface area contributed by atoms with Crippen molar-refractivity contribution >= 4 is 22.6 Å². The van der Waals surface area contributed by atoms with Gasteiger partial charge in [0.2, 0.25) is 0 Å². The molecule has 2 aromatic carbocycles. The van der Waals surface area contributed by atoms with E-state index in [1.807, 2.05) is 48.7 Å². The number of pyridine rings is 1. The monoisotopic (exact) mass is 404 g/mol. The van der Waals surface area contributed by atoms with Gasteiger partial charge in [-0.2, -0.15) is 0 Å². The summed E-state index contributed by atoms with van der Waals surface area (Å²) in [5.74, 6) is 0.752. The minimum absolute atomic E-state index is 0.377. The number of rotatable bonds is 3. The van der Waals surface area contributed by atoms with Crippen molar-refractivity contribution in [1.29, 1.82) is 0 Å². The van der Waals surface area contributed by atoms with Crippen LogP contribution in [0.2, 0.25) is 5.02 Å². The largest absolute Gasteiger partial charge is 0.478 e. The van der Waals surface area contributed by atoms with Gasteiger partial charge in [0.15, 0.2) is 0 Å². The fraction of sp³-hybridized carbons (Fsp3) is 0.130. The summed E-state index contributed by atoms with van der Waals surface area (Å²) in [5.41, 5.74) is 3.47. The average Bonchev–Trinajstić information content (AvgIpc) is 2.75. The third-order valence-corrected chi connectivity index (χ3v) is 5.28. The van der Waals surface area contributed by atoms with Crippen LogP contribution in [-0.4, -0.2) is 16.6 Å². The fourth-order valence-corrected chi connectivity index (χ4v) is 3.75. The zero-order chi connectivity index (χ0) is 19.8. The van der Waals surface area contributed by atoms with Crippen molar-refractivity contribution in [2.75, 3.05) is 6.73 Å². The predicted molar refractivity (Wildman–Crippen MR) is 112 cm³/mol. The number of hydrogen-bond acceptors (Lipinski definition) is 5. The average molecular weight is 405 g/mol. The molecule has 1 aliphatic heterocycles. The Morgan fingerprint density at radius 3 is 2.76 bits per heavy atom. The van der Waals surface area contributed by atoms with Gasteiger partial charge in [-0.25, -0.2) is 4.79 Å². The summed E-state index contributed by atoms with van der Waals surface area (Å²) in [4.78, 5) is 19.0. The molecule has 0 amide bonds. The van der Waals surface area contributed by atoms with Gasteiger partial charge in [-0.15, -0.1) is 0 Å². The van der Waals surface area contributed by atoms with Crippen LogP contribution < -0.4 is 10.4 Å². The SMILES string of the molecule is O=c1oc2c3c(ccc2cc1-c1ccc(Cl)cc1)OCN(Cc1cccnc1)C3. The zero-order valence-electron chi connectivity index (χ0n) is 15.5. The first-order valence-electron chi connectivity index (χ1n) is 9.27. The van der Waals surface area contributed by atoms with E-state index in [2.05, 4.69) is 9.88 Å². The van der Waals surface area contributed by atoms with Crippen LogP contribution >= 0.6 is 11.6 Å². The molecule has 6 heteroatoms. The fourth-order valence-electron chi connectivity index (χ4n) is 3.62. The van der Waals surface area contributed by atoms with Crippen LogP contribution in [0, 0.1) is 0 Å². The topological polar surface area (TPSA) is 55.6 Å². The summed E-state index contributed by atoms with van der Waals surface area (Å²) in [6.45, 7) is 1.81. The number of fused-ring (bicyclic) bond motifs is 3. The second-order valence-corrected chi connectivity index (χ2v) is 7.47. The Hall–Kier alpha value is -3.15. The minimum Gasteiger partial charge on any atom is -0.478 e. The van der Waals surface area contributed by atoms with Crippen molar-refractivity contribution in [2.45, 2.75) is 13.1 Å². The Kier molecular flexibility index (Phi) is 4.54. The summed E-state index contributed by atoms with van der Waals surface area (Å²) >= 11 is 5.96. The summed E-state index contributed by atoms with van der Waals surface area (Å²) in [6.07, 6.45) is 3.60. The third kappa shape index (κ3) is 3.50. The van der Waals surface area contributed by atoms with E-state index < -0.39 is 0 Å². The molecule has 0 spiro atoms. The Morgan fingerprint density at radius 1 is 1.10 bits per heavy atom. The van der Waals surface area contributed by atoms with Crippen molar-refractivity contribution in [3.8, 4) is 16.9 Å². The van der Waals surface area contributed by atoms with E-state index in [9.17, 15) is 4.79 Å². The van der Waals surface area contributed by atoms with Crippen molar-refractivity contribution in [1.82, 2.24) is 9.88 Å². The second kappa shape index (κ2) is 7.35. The molecule has 1 aliphatic rings. The first kappa shape index (κ1) is 17.9. The maximum absolute atomic E-state index is 12.7. The first-order valence-corrected chi connectivity index (χ1v) is 9.65. The molecule has 0 unspecified atom stereocenters. The number of benzene rings is 2. The number of nitrogens with zero attached hydrogens (tertiary/aromatic N) is 2. The molecule has 0 fully saturated rings. The van der Waals surface area contributed by atoms with Crippen LogP contribution in [0.1, 0.15) is 11.1 Å². The summed E-state index contributed by atoms with van der Waals surface area (Å²) in [7, 11) is 0. The maximum atomic E-state index is 12.7. The molecule has 5 nitrogen and oxygen atoms in total. The van der Waals surface area contributed by atoms with Crippen LogP contribution in [0.3, 0.4) is 0 Å². The van der Waals surface area contributed by atoms with Gasteiger partial charge in [0.25, 0.3) is 0 Å². The van der Waals surface area contributed by atoms with Gasteiger partial charge in [0, 0.05) is 35.9 Å². The lowest BCUT2D eigenvalue weighted by Gasteiger charge is -2.29. The Labute approximate surface area is 172 Å². The molecule has 4 aromatic rings. The molecular formula is C23H17ClN2O3. The molecule has 0 radical (unpaired) electrons. The quantitative estimate of drug-likeness (QED) is 0.456. The third-order valence-electron chi connectivity index (χ3n) is 5.03. The number of halogens is 1. The van der Waals surface area contributed by atoms with Crippen LogP contribution in [-0.2, 0) is 13.1 Å². The lowest BCUT2D eigenvalue weighted by Crippen LogP contribution is -2.31. The number of hydrogen-bond donors (Lipinski definition) is 0. The zero-order valence-corrected chi connectivity index (χ0v) is 16.2. The van der Waals surface area contributed by atoms with Crippen molar-refractivity contribution in [2.24, 2.45) is 0 Å². The molecule has 0 bridgehead atoms. The highest BCUT2D eigenvalue weighted by Crippen LogP contribution is 2.33. The van der Waals surface area contributed by atoms with Gasteiger partial charge in [-0.1, -0.05) is 29.8 Å². The summed E-state index contributed by atoms with van der Waals surface area (Å²) < 4.78 is 11.7. The van der Waals surface area contributed by atoms with E-state index >= 15 is 0 Å². The minimum atomic E-state index is -0.377. The first-order chi connectivity index (χ1) is 14.2. The molecule has 0 atom stereocenters. The lowest BCUT2D eigenvalue weighted by molar-refractivity contribution is 0.0889. The van der Waals surface area contributed by atoms with Crippen molar-refractivity contribution in [3.63, 3.8) is 0 Å². The highest BCUT2D eigenvalue weighted by molar-refractivity contribution is 6.30. The molecule has 3 heterocycles. The standard InChI is InChI=1S/C23H17ClN2O3/c24-18-6-3-16(4-7-18)19-10-17-5-8-21-20(22(17)29-23(19)27)13-26(14-28-21)12-15-2-1-9-25-11-15/h1-11H,12-14H2. The highest BCUT2D eigenvalue weighted by atomic mass is 35.5. The van der Waals surface area contributed by atoms with E-state index in [-0.39, 0.29) is 5.63 Å². The van der Waals surface area contributed by atoms with Crippen LogP contribution in [0.5, 0.6) is 5.75 Å². The second-order valence-electron chi connectivity index (χ2n) is 7.04. The highest BCUT2D eigenvalue weighted by Gasteiger charge is 2.22. The maximum Gasteiger partial charge on any atom is 0.344 e. The molecule has 0 N–H and O–H groups in total. The molecule has 2 aromatic heterocycles. The molecule has 29 heavy (non-hydrogen) atoms. The molecule has 144 valence electrons. The van der Waals surface area contributed by atoms with E-state index in [0.717, 1.165) is 27.8 Å². The van der Waals surface area contributed by atoms with Gasteiger partial charge < -0.3 is 9.15 Å². The Morgan fingerprint density at radius 2 is 1.97 bits per heavy atom. The van der Waals surface area contributed by atoms with E-state index in [0.29, 0.717) is 36.0 Å². The van der Waals surface area contributed by atoms with E-state index in [4.69, 9.17) is 20.8 Å². The molecule has 0 saturated carbocycles.